The third-order valence-electron chi connectivity index (χ3n) is 2.96. The van der Waals surface area contributed by atoms with E-state index in [1.807, 2.05) is 12.3 Å². The van der Waals surface area contributed by atoms with E-state index in [9.17, 15) is 0 Å². The molecule has 1 aliphatic rings. The van der Waals surface area contributed by atoms with Gasteiger partial charge in [0.2, 0.25) is 0 Å². The Morgan fingerprint density at radius 3 is 2.88 bits per heavy atom. The summed E-state index contributed by atoms with van der Waals surface area (Å²) in [6.07, 6.45) is 1.83. The molecule has 2 aromatic rings. The van der Waals surface area contributed by atoms with Crippen LogP contribution in [0.25, 0.3) is 10.9 Å². The first kappa shape index (κ1) is 9.60. The second kappa shape index (κ2) is 4.10. The standard InChI is InChI=1S/C13H14N2O/c1-2-11-10-12(3-4-13(11)14-5-1)15-6-8-16-9-7-15/h1-5,10H,6-9H2. The summed E-state index contributed by atoms with van der Waals surface area (Å²) in [6, 6.07) is 10.5. The minimum atomic E-state index is 0.824. The Bertz CT molecular complexity index is 492. The van der Waals surface area contributed by atoms with Gasteiger partial charge in [-0.3, -0.25) is 4.98 Å². The van der Waals surface area contributed by atoms with Gasteiger partial charge in [0.25, 0.3) is 0 Å². The van der Waals surface area contributed by atoms with Crippen LogP contribution in [0.15, 0.2) is 36.5 Å². The fourth-order valence-electron chi connectivity index (χ4n) is 2.08. The van der Waals surface area contributed by atoms with Crippen LogP contribution in [0.3, 0.4) is 0 Å². The van der Waals surface area contributed by atoms with Crippen LogP contribution in [0.4, 0.5) is 5.69 Å². The van der Waals surface area contributed by atoms with Crippen molar-refractivity contribution in [3.63, 3.8) is 0 Å². The lowest BCUT2D eigenvalue weighted by atomic mass is 10.2. The zero-order valence-electron chi connectivity index (χ0n) is 9.10. The lowest BCUT2D eigenvalue weighted by Crippen LogP contribution is -2.36. The van der Waals surface area contributed by atoms with Crippen LogP contribution in [-0.4, -0.2) is 31.3 Å². The van der Waals surface area contributed by atoms with Crippen LogP contribution in [-0.2, 0) is 4.74 Å². The molecule has 16 heavy (non-hydrogen) atoms. The summed E-state index contributed by atoms with van der Waals surface area (Å²) in [4.78, 5) is 6.68. The van der Waals surface area contributed by atoms with Gasteiger partial charge in [-0.2, -0.15) is 0 Å². The number of hydrogen-bond acceptors (Lipinski definition) is 3. The van der Waals surface area contributed by atoms with Gasteiger partial charge in [-0.05, 0) is 24.3 Å². The van der Waals surface area contributed by atoms with Crippen molar-refractivity contribution in [2.75, 3.05) is 31.2 Å². The maximum atomic E-state index is 5.35. The zero-order valence-corrected chi connectivity index (χ0v) is 9.10. The highest BCUT2D eigenvalue weighted by molar-refractivity contribution is 5.82. The van der Waals surface area contributed by atoms with Crippen molar-refractivity contribution >= 4 is 16.6 Å². The Morgan fingerprint density at radius 1 is 1.12 bits per heavy atom. The number of pyridine rings is 1. The van der Waals surface area contributed by atoms with Gasteiger partial charge in [-0.25, -0.2) is 0 Å². The summed E-state index contributed by atoms with van der Waals surface area (Å²) in [5, 5.41) is 1.20. The van der Waals surface area contributed by atoms with Gasteiger partial charge < -0.3 is 9.64 Å². The summed E-state index contributed by atoms with van der Waals surface area (Å²) < 4.78 is 5.35. The molecule has 0 N–H and O–H groups in total. The lowest BCUT2D eigenvalue weighted by Gasteiger charge is -2.28. The quantitative estimate of drug-likeness (QED) is 0.726. The van der Waals surface area contributed by atoms with E-state index in [-0.39, 0.29) is 0 Å². The van der Waals surface area contributed by atoms with E-state index < -0.39 is 0 Å². The molecule has 1 fully saturated rings. The van der Waals surface area contributed by atoms with E-state index in [2.05, 4.69) is 34.1 Å². The first-order valence-corrected chi connectivity index (χ1v) is 5.61. The average molecular weight is 214 g/mol. The Hall–Kier alpha value is -1.61. The van der Waals surface area contributed by atoms with Crippen LogP contribution in [0.2, 0.25) is 0 Å². The second-order valence-electron chi connectivity index (χ2n) is 3.98. The summed E-state index contributed by atoms with van der Waals surface area (Å²) in [7, 11) is 0. The largest absolute Gasteiger partial charge is 0.378 e. The molecule has 2 heterocycles. The molecule has 1 aromatic carbocycles. The Labute approximate surface area is 94.7 Å². The number of nitrogens with zero attached hydrogens (tertiary/aromatic N) is 2. The minimum Gasteiger partial charge on any atom is -0.378 e. The first-order chi connectivity index (χ1) is 7.93. The topological polar surface area (TPSA) is 25.4 Å². The van der Waals surface area contributed by atoms with Crippen LogP contribution < -0.4 is 4.90 Å². The van der Waals surface area contributed by atoms with Gasteiger partial charge in [-0.15, -0.1) is 0 Å². The Kier molecular flexibility index (Phi) is 2.46. The molecule has 0 spiro atoms. The van der Waals surface area contributed by atoms with Gasteiger partial charge in [0.05, 0.1) is 18.7 Å². The van der Waals surface area contributed by atoms with Crippen LogP contribution in [0.5, 0.6) is 0 Å². The molecule has 0 amide bonds. The van der Waals surface area contributed by atoms with Crippen molar-refractivity contribution < 1.29 is 4.74 Å². The molecule has 3 rings (SSSR count). The van der Waals surface area contributed by atoms with Crippen molar-refractivity contribution in [3.05, 3.63) is 36.5 Å². The highest BCUT2D eigenvalue weighted by Gasteiger charge is 2.11. The predicted molar refractivity (Wildman–Crippen MR) is 64.8 cm³/mol. The summed E-state index contributed by atoms with van der Waals surface area (Å²) in [6.45, 7) is 3.60. The van der Waals surface area contributed by atoms with E-state index >= 15 is 0 Å². The van der Waals surface area contributed by atoms with Crippen LogP contribution in [0, 0.1) is 0 Å². The Morgan fingerprint density at radius 2 is 2.00 bits per heavy atom. The molecule has 0 saturated carbocycles. The fraction of sp³-hybridized carbons (Fsp3) is 0.308. The van der Waals surface area contributed by atoms with E-state index in [4.69, 9.17) is 4.74 Å². The summed E-state index contributed by atoms with van der Waals surface area (Å²) in [5.41, 5.74) is 2.32. The molecule has 3 nitrogen and oxygen atoms in total. The van der Waals surface area contributed by atoms with Gasteiger partial charge in [0.1, 0.15) is 0 Å². The summed E-state index contributed by atoms with van der Waals surface area (Å²) >= 11 is 0. The molecule has 1 aromatic heterocycles. The lowest BCUT2D eigenvalue weighted by molar-refractivity contribution is 0.122. The van der Waals surface area contributed by atoms with E-state index in [1.54, 1.807) is 0 Å². The highest BCUT2D eigenvalue weighted by Crippen LogP contribution is 2.21. The SMILES string of the molecule is c1cnc2ccc(N3CCOCC3)cc2c1. The van der Waals surface area contributed by atoms with Crippen molar-refractivity contribution in [1.82, 2.24) is 4.98 Å². The fourth-order valence-corrected chi connectivity index (χ4v) is 2.08. The van der Waals surface area contributed by atoms with E-state index in [0.29, 0.717) is 0 Å². The van der Waals surface area contributed by atoms with Gasteiger partial charge in [0, 0.05) is 30.4 Å². The van der Waals surface area contributed by atoms with E-state index in [0.717, 1.165) is 31.8 Å². The molecular weight excluding hydrogens is 200 g/mol. The smallest absolute Gasteiger partial charge is 0.0703 e. The number of rotatable bonds is 1. The van der Waals surface area contributed by atoms with Crippen molar-refractivity contribution in [2.24, 2.45) is 0 Å². The van der Waals surface area contributed by atoms with Crippen molar-refractivity contribution in [2.45, 2.75) is 0 Å². The zero-order chi connectivity index (χ0) is 10.8. The number of morpholine rings is 1. The normalized spacial score (nSPS) is 16.6. The van der Waals surface area contributed by atoms with Gasteiger partial charge in [0.15, 0.2) is 0 Å². The van der Waals surface area contributed by atoms with Gasteiger partial charge in [-0.1, -0.05) is 6.07 Å². The maximum absolute atomic E-state index is 5.35. The molecular formula is C13H14N2O. The average Bonchev–Trinajstić information content (AvgIpc) is 2.39. The van der Waals surface area contributed by atoms with Crippen LogP contribution >= 0.6 is 0 Å². The van der Waals surface area contributed by atoms with Crippen molar-refractivity contribution in [1.29, 1.82) is 0 Å². The minimum absolute atomic E-state index is 0.824. The number of ether oxygens (including phenoxy) is 1. The number of aromatic nitrogens is 1. The second-order valence-corrected chi connectivity index (χ2v) is 3.98. The van der Waals surface area contributed by atoms with Crippen LogP contribution in [0.1, 0.15) is 0 Å². The maximum Gasteiger partial charge on any atom is 0.0703 e. The highest BCUT2D eigenvalue weighted by atomic mass is 16.5. The molecule has 0 atom stereocenters. The number of benzene rings is 1. The predicted octanol–water partition coefficient (Wildman–Crippen LogP) is 2.07. The molecule has 3 heteroatoms. The van der Waals surface area contributed by atoms with Crippen molar-refractivity contribution in [3.8, 4) is 0 Å². The molecule has 0 aliphatic carbocycles. The number of hydrogen-bond donors (Lipinski definition) is 0. The molecule has 82 valence electrons. The molecule has 0 unspecified atom stereocenters. The summed E-state index contributed by atoms with van der Waals surface area (Å²) in [5.74, 6) is 0. The first-order valence-electron chi connectivity index (χ1n) is 5.61. The monoisotopic (exact) mass is 214 g/mol. The number of anilines is 1. The third-order valence-corrected chi connectivity index (χ3v) is 2.96. The van der Waals surface area contributed by atoms with E-state index in [1.165, 1.54) is 11.1 Å². The Balaban J connectivity index is 1.97. The molecule has 1 aliphatic heterocycles. The molecule has 1 saturated heterocycles. The number of fused-ring (bicyclic) bond motifs is 1. The third kappa shape index (κ3) is 1.74. The van der Waals surface area contributed by atoms with Gasteiger partial charge >= 0.3 is 0 Å². The molecule has 0 radical (unpaired) electrons. The molecule has 0 bridgehead atoms.